The average molecular weight is 260 g/mol. The zero-order valence-electron chi connectivity index (χ0n) is 11.5. The lowest BCUT2D eigenvalue weighted by molar-refractivity contribution is -0.121. The summed E-state index contributed by atoms with van der Waals surface area (Å²) in [6.45, 7) is 0. The highest BCUT2D eigenvalue weighted by atomic mass is 16.1. The second kappa shape index (κ2) is 7.17. The molecule has 3 N–H and O–H groups in total. The van der Waals surface area contributed by atoms with Crippen molar-refractivity contribution in [2.24, 2.45) is 0 Å². The van der Waals surface area contributed by atoms with Gasteiger partial charge in [-0.25, -0.2) is 0 Å². The summed E-state index contributed by atoms with van der Waals surface area (Å²) < 4.78 is 0. The highest BCUT2D eigenvalue weighted by Crippen LogP contribution is 2.17. The van der Waals surface area contributed by atoms with Crippen molar-refractivity contribution in [3.8, 4) is 0 Å². The molecule has 0 aliphatic heterocycles. The van der Waals surface area contributed by atoms with E-state index < -0.39 is 0 Å². The van der Waals surface area contributed by atoms with Crippen LogP contribution in [0.1, 0.15) is 50.5 Å². The molecule has 1 aliphatic rings. The molecule has 0 atom stereocenters. The smallest absolute Gasteiger partial charge is 0.224 e. The van der Waals surface area contributed by atoms with E-state index in [1.807, 2.05) is 24.3 Å². The number of nitrogens with one attached hydrogen (secondary N) is 1. The number of nitrogen functional groups attached to an aromatic ring is 1. The first-order valence-electron chi connectivity index (χ1n) is 7.38. The predicted octanol–water partition coefficient (Wildman–Crippen LogP) is 3.04. The fourth-order valence-corrected chi connectivity index (χ4v) is 2.70. The zero-order chi connectivity index (χ0) is 13.5. The molecule has 3 heteroatoms. The summed E-state index contributed by atoms with van der Waals surface area (Å²) in [4.78, 5) is 12.0. The normalized spacial score (nSPS) is 17.5. The van der Waals surface area contributed by atoms with E-state index in [1.54, 1.807) is 0 Å². The lowest BCUT2D eigenvalue weighted by atomic mass is 9.96. The van der Waals surface area contributed by atoms with Crippen LogP contribution in [0.5, 0.6) is 0 Å². The van der Waals surface area contributed by atoms with Gasteiger partial charge in [0.15, 0.2) is 0 Å². The molecule has 0 heterocycles. The number of rotatable bonds is 3. The molecule has 0 radical (unpaired) electrons. The molecule has 1 aliphatic carbocycles. The van der Waals surface area contributed by atoms with Gasteiger partial charge < -0.3 is 11.1 Å². The minimum atomic E-state index is 0.135. The third-order valence-electron chi connectivity index (χ3n) is 3.81. The third kappa shape index (κ3) is 4.93. The molecule has 3 nitrogen and oxygen atoms in total. The van der Waals surface area contributed by atoms with E-state index in [4.69, 9.17) is 5.73 Å². The van der Waals surface area contributed by atoms with Crippen molar-refractivity contribution in [2.75, 3.05) is 5.73 Å². The Morgan fingerprint density at radius 1 is 1.05 bits per heavy atom. The molecule has 1 amide bonds. The Hall–Kier alpha value is -1.51. The minimum Gasteiger partial charge on any atom is -0.399 e. The molecule has 0 aromatic heterocycles. The first-order valence-corrected chi connectivity index (χ1v) is 7.38. The Labute approximate surface area is 115 Å². The van der Waals surface area contributed by atoms with Gasteiger partial charge in [-0.3, -0.25) is 4.79 Å². The summed E-state index contributed by atoms with van der Waals surface area (Å²) in [5.41, 5.74) is 7.40. The van der Waals surface area contributed by atoms with Crippen LogP contribution in [0, 0.1) is 0 Å². The van der Waals surface area contributed by atoms with Crippen molar-refractivity contribution in [1.82, 2.24) is 5.32 Å². The standard InChI is InChI=1S/C16H24N2O/c17-14-10-8-13(9-11-14)12-16(19)18-15-6-4-2-1-3-5-7-15/h8-11,15H,1-7,12,17H2,(H,18,19). The number of carbonyl (C=O) groups excluding carboxylic acids is 1. The number of benzene rings is 1. The largest absolute Gasteiger partial charge is 0.399 e. The van der Waals surface area contributed by atoms with E-state index in [9.17, 15) is 4.79 Å². The van der Waals surface area contributed by atoms with Gasteiger partial charge in [-0.1, -0.05) is 44.2 Å². The van der Waals surface area contributed by atoms with Gasteiger partial charge >= 0.3 is 0 Å². The van der Waals surface area contributed by atoms with Gasteiger partial charge in [0.2, 0.25) is 5.91 Å². The Bertz CT molecular complexity index is 392. The van der Waals surface area contributed by atoms with Gasteiger partial charge in [0.1, 0.15) is 0 Å². The minimum absolute atomic E-state index is 0.135. The van der Waals surface area contributed by atoms with Crippen molar-refractivity contribution in [3.63, 3.8) is 0 Å². The van der Waals surface area contributed by atoms with Crippen LogP contribution >= 0.6 is 0 Å². The number of anilines is 1. The predicted molar refractivity (Wildman–Crippen MR) is 78.8 cm³/mol. The second-order valence-electron chi connectivity index (χ2n) is 5.53. The molecule has 0 unspecified atom stereocenters. The van der Waals surface area contributed by atoms with E-state index in [1.165, 1.54) is 32.1 Å². The van der Waals surface area contributed by atoms with Crippen molar-refractivity contribution in [3.05, 3.63) is 29.8 Å². The Morgan fingerprint density at radius 3 is 2.26 bits per heavy atom. The molecule has 1 fully saturated rings. The van der Waals surface area contributed by atoms with Crippen LogP contribution in [-0.4, -0.2) is 11.9 Å². The maximum Gasteiger partial charge on any atom is 0.224 e. The summed E-state index contributed by atoms with van der Waals surface area (Å²) in [7, 11) is 0. The SMILES string of the molecule is Nc1ccc(CC(=O)NC2CCCCCCC2)cc1. The van der Waals surface area contributed by atoms with Crippen LogP contribution in [0.25, 0.3) is 0 Å². The van der Waals surface area contributed by atoms with E-state index in [0.29, 0.717) is 12.5 Å². The van der Waals surface area contributed by atoms with Gasteiger partial charge in [-0.15, -0.1) is 0 Å². The van der Waals surface area contributed by atoms with Crippen LogP contribution in [0.15, 0.2) is 24.3 Å². The summed E-state index contributed by atoms with van der Waals surface area (Å²) in [6.07, 6.45) is 9.18. The van der Waals surface area contributed by atoms with E-state index >= 15 is 0 Å². The molecule has 1 aromatic carbocycles. The Morgan fingerprint density at radius 2 is 1.63 bits per heavy atom. The van der Waals surface area contributed by atoms with Crippen LogP contribution < -0.4 is 11.1 Å². The van der Waals surface area contributed by atoms with Crippen LogP contribution in [0.2, 0.25) is 0 Å². The van der Waals surface area contributed by atoms with Crippen LogP contribution in [0.3, 0.4) is 0 Å². The maximum atomic E-state index is 12.0. The van der Waals surface area contributed by atoms with Gasteiger partial charge in [0.25, 0.3) is 0 Å². The van der Waals surface area contributed by atoms with Crippen molar-refractivity contribution >= 4 is 11.6 Å². The zero-order valence-corrected chi connectivity index (χ0v) is 11.5. The van der Waals surface area contributed by atoms with Gasteiger partial charge in [-0.2, -0.15) is 0 Å². The summed E-state index contributed by atoms with van der Waals surface area (Å²) in [6, 6.07) is 7.92. The van der Waals surface area contributed by atoms with Crippen LogP contribution in [0.4, 0.5) is 5.69 Å². The molecule has 1 aromatic rings. The number of hydrogen-bond donors (Lipinski definition) is 2. The fraction of sp³-hybridized carbons (Fsp3) is 0.562. The maximum absolute atomic E-state index is 12.0. The molecule has 0 spiro atoms. The third-order valence-corrected chi connectivity index (χ3v) is 3.81. The summed E-state index contributed by atoms with van der Waals surface area (Å²) in [5, 5.41) is 3.18. The topological polar surface area (TPSA) is 55.1 Å². The number of nitrogens with two attached hydrogens (primary N) is 1. The summed E-state index contributed by atoms with van der Waals surface area (Å²) in [5.74, 6) is 0.135. The molecule has 2 rings (SSSR count). The fourth-order valence-electron chi connectivity index (χ4n) is 2.70. The van der Waals surface area contributed by atoms with E-state index in [2.05, 4.69) is 5.32 Å². The first kappa shape index (κ1) is 13.9. The van der Waals surface area contributed by atoms with Gasteiger partial charge in [-0.05, 0) is 30.5 Å². The second-order valence-corrected chi connectivity index (χ2v) is 5.53. The molecular formula is C16H24N2O. The molecule has 0 saturated heterocycles. The quantitative estimate of drug-likeness (QED) is 0.821. The lowest BCUT2D eigenvalue weighted by Crippen LogP contribution is -2.36. The number of carbonyl (C=O) groups is 1. The Balaban J connectivity index is 1.80. The van der Waals surface area contributed by atoms with Gasteiger partial charge in [0, 0.05) is 11.7 Å². The highest BCUT2D eigenvalue weighted by molar-refractivity contribution is 5.78. The molecule has 104 valence electrons. The molecule has 19 heavy (non-hydrogen) atoms. The van der Waals surface area contributed by atoms with Crippen molar-refractivity contribution in [2.45, 2.75) is 57.4 Å². The Kier molecular flexibility index (Phi) is 5.25. The molecular weight excluding hydrogens is 236 g/mol. The molecule has 1 saturated carbocycles. The number of amides is 1. The average Bonchev–Trinajstić information content (AvgIpc) is 2.35. The van der Waals surface area contributed by atoms with Crippen molar-refractivity contribution in [1.29, 1.82) is 0 Å². The number of hydrogen-bond acceptors (Lipinski definition) is 2. The van der Waals surface area contributed by atoms with Crippen molar-refractivity contribution < 1.29 is 4.79 Å². The molecule has 0 bridgehead atoms. The van der Waals surface area contributed by atoms with E-state index in [-0.39, 0.29) is 5.91 Å². The van der Waals surface area contributed by atoms with E-state index in [0.717, 1.165) is 24.1 Å². The summed E-state index contributed by atoms with van der Waals surface area (Å²) >= 11 is 0. The van der Waals surface area contributed by atoms with Crippen LogP contribution in [-0.2, 0) is 11.2 Å². The van der Waals surface area contributed by atoms with Gasteiger partial charge in [0.05, 0.1) is 6.42 Å². The highest BCUT2D eigenvalue weighted by Gasteiger charge is 2.14. The lowest BCUT2D eigenvalue weighted by Gasteiger charge is -2.21. The first-order chi connectivity index (χ1) is 9.24. The monoisotopic (exact) mass is 260 g/mol.